The minimum atomic E-state index is 0.116. The molecule has 0 atom stereocenters. The second-order valence-electron chi connectivity index (χ2n) is 3.65. The van der Waals surface area contributed by atoms with Crippen molar-refractivity contribution in [2.24, 2.45) is 0 Å². The molecule has 0 amide bonds. The molecule has 0 unspecified atom stereocenters. The van der Waals surface area contributed by atoms with Crippen molar-refractivity contribution in [3.05, 3.63) is 32.9 Å². The Morgan fingerprint density at radius 2 is 1.67 bits per heavy atom. The number of aromatic nitrogens is 2. The molecule has 0 fully saturated rings. The van der Waals surface area contributed by atoms with Gasteiger partial charge in [-0.15, -0.1) is 0 Å². The van der Waals surface area contributed by atoms with E-state index in [4.69, 9.17) is 46.3 Å². The number of nitrogen functional groups attached to an aromatic ring is 2. The van der Waals surface area contributed by atoms with E-state index >= 15 is 0 Å². The molecule has 1 aromatic heterocycles. The van der Waals surface area contributed by atoms with Crippen LogP contribution >= 0.6 is 34.8 Å². The Kier molecular flexibility index (Phi) is 3.52. The van der Waals surface area contributed by atoms with Crippen molar-refractivity contribution in [1.82, 2.24) is 9.97 Å². The van der Waals surface area contributed by atoms with E-state index in [9.17, 15) is 0 Å². The van der Waals surface area contributed by atoms with Crippen molar-refractivity contribution in [3.8, 4) is 11.1 Å². The Labute approximate surface area is 119 Å². The van der Waals surface area contributed by atoms with Gasteiger partial charge in [0.25, 0.3) is 0 Å². The van der Waals surface area contributed by atoms with Gasteiger partial charge in [-0.1, -0.05) is 40.9 Å². The lowest BCUT2D eigenvalue weighted by molar-refractivity contribution is 1.13. The molecule has 0 saturated heterocycles. The molecule has 0 saturated carbocycles. The van der Waals surface area contributed by atoms with Crippen molar-refractivity contribution >= 4 is 46.6 Å². The highest BCUT2D eigenvalue weighted by Crippen LogP contribution is 2.40. The Hall–Kier alpha value is -1.23. The normalized spacial score (nSPS) is 10.7. The van der Waals surface area contributed by atoms with Crippen LogP contribution in [0.4, 0.5) is 11.8 Å². The molecule has 0 spiro atoms. The van der Waals surface area contributed by atoms with Crippen molar-refractivity contribution in [1.29, 1.82) is 0 Å². The molecule has 0 aliphatic rings. The SMILES string of the molecule is Cc1nc(N)nc(N)c1-c1ccc(Cl)c(Cl)c1Cl. The Balaban J connectivity index is 2.74. The van der Waals surface area contributed by atoms with Crippen LogP contribution in [0.1, 0.15) is 5.69 Å². The molecule has 0 aliphatic heterocycles. The number of hydrogen-bond donors (Lipinski definition) is 2. The molecular formula is C11H9Cl3N4. The molecule has 0 bridgehead atoms. The molecule has 1 heterocycles. The van der Waals surface area contributed by atoms with Crippen molar-refractivity contribution in [3.63, 3.8) is 0 Å². The first-order valence-corrected chi connectivity index (χ1v) is 6.08. The largest absolute Gasteiger partial charge is 0.383 e. The average molecular weight is 304 g/mol. The average Bonchev–Trinajstić information content (AvgIpc) is 2.28. The zero-order valence-electron chi connectivity index (χ0n) is 9.34. The summed E-state index contributed by atoms with van der Waals surface area (Å²) in [4.78, 5) is 7.97. The van der Waals surface area contributed by atoms with Crippen LogP contribution in [-0.4, -0.2) is 9.97 Å². The quantitative estimate of drug-likeness (QED) is 0.789. The van der Waals surface area contributed by atoms with Crippen LogP contribution in [0.5, 0.6) is 0 Å². The zero-order valence-corrected chi connectivity index (χ0v) is 11.6. The van der Waals surface area contributed by atoms with Crippen molar-refractivity contribution in [2.45, 2.75) is 6.92 Å². The van der Waals surface area contributed by atoms with Gasteiger partial charge in [-0.3, -0.25) is 0 Å². The third-order valence-electron chi connectivity index (χ3n) is 2.44. The van der Waals surface area contributed by atoms with E-state index in [0.29, 0.717) is 26.9 Å². The third-order valence-corrected chi connectivity index (χ3v) is 3.73. The summed E-state index contributed by atoms with van der Waals surface area (Å²) in [6.45, 7) is 1.77. The Bertz CT molecular complexity index is 605. The lowest BCUT2D eigenvalue weighted by Crippen LogP contribution is -2.04. The van der Waals surface area contributed by atoms with Gasteiger partial charge in [-0.2, -0.15) is 4.98 Å². The molecule has 18 heavy (non-hydrogen) atoms. The highest BCUT2D eigenvalue weighted by atomic mass is 35.5. The highest BCUT2D eigenvalue weighted by molar-refractivity contribution is 6.49. The van der Waals surface area contributed by atoms with E-state index in [-0.39, 0.29) is 16.8 Å². The number of anilines is 2. The van der Waals surface area contributed by atoms with Gasteiger partial charge >= 0.3 is 0 Å². The van der Waals surface area contributed by atoms with Crippen LogP contribution in [0.25, 0.3) is 11.1 Å². The fourth-order valence-corrected chi connectivity index (χ4v) is 2.30. The van der Waals surface area contributed by atoms with Gasteiger partial charge in [0, 0.05) is 11.1 Å². The number of rotatable bonds is 1. The fourth-order valence-electron chi connectivity index (χ4n) is 1.67. The van der Waals surface area contributed by atoms with E-state index in [1.54, 1.807) is 19.1 Å². The first-order valence-electron chi connectivity index (χ1n) is 4.95. The smallest absolute Gasteiger partial charge is 0.222 e. The number of nitrogens with zero attached hydrogens (tertiary/aromatic N) is 2. The highest BCUT2D eigenvalue weighted by Gasteiger charge is 2.16. The maximum Gasteiger partial charge on any atom is 0.222 e. The molecule has 4 N–H and O–H groups in total. The van der Waals surface area contributed by atoms with Crippen molar-refractivity contribution < 1.29 is 0 Å². The van der Waals surface area contributed by atoms with E-state index < -0.39 is 0 Å². The van der Waals surface area contributed by atoms with E-state index in [2.05, 4.69) is 9.97 Å². The standard InChI is InChI=1S/C11H9Cl3N4/c1-4-7(10(15)18-11(16)17-4)5-2-3-6(12)9(14)8(5)13/h2-3H,1H3,(H4,15,16,17,18). The van der Waals surface area contributed by atoms with Gasteiger partial charge in [0.1, 0.15) is 5.82 Å². The topological polar surface area (TPSA) is 77.8 Å². The maximum atomic E-state index is 6.16. The summed E-state index contributed by atoms with van der Waals surface area (Å²) in [5.74, 6) is 0.366. The van der Waals surface area contributed by atoms with Crippen LogP contribution < -0.4 is 11.5 Å². The number of benzene rings is 1. The molecule has 2 rings (SSSR count). The number of nitrogens with two attached hydrogens (primary N) is 2. The fraction of sp³-hybridized carbons (Fsp3) is 0.0909. The van der Waals surface area contributed by atoms with Gasteiger partial charge in [-0.25, -0.2) is 4.98 Å². The monoisotopic (exact) mass is 302 g/mol. The summed E-state index contributed by atoms with van der Waals surface area (Å²) in [5, 5.41) is 0.955. The van der Waals surface area contributed by atoms with Crippen LogP contribution in [0.15, 0.2) is 12.1 Å². The summed E-state index contributed by atoms with van der Waals surface area (Å²) >= 11 is 18.0. The number of aryl methyl sites for hydroxylation is 1. The van der Waals surface area contributed by atoms with Crippen LogP contribution in [-0.2, 0) is 0 Å². The van der Waals surface area contributed by atoms with Crippen LogP contribution in [0, 0.1) is 6.92 Å². The minimum Gasteiger partial charge on any atom is -0.383 e. The van der Waals surface area contributed by atoms with Crippen LogP contribution in [0.2, 0.25) is 15.1 Å². The summed E-state index contributed by atoms with van der Waals surface area (Å²) in [5.41, 5.74) is 13.2. The zero-order chi connectivity index (χ0) is 13.4. The summed E-state index contributed by atoms with van der Waals surface area (Å²) in [6.07, 6.45) is 0. The summed E-state index contributed by atoms with van der Waals surface area (Å²) in [7, 11) is 0. The predicted molar refractivity (Wildman–Crippen MR) is 76.1 cm³/mol. The van der Waals surface area contributed by atoms with E-state index in [0.717, 1.165) is 0 Å². The van der Waals surface area contributed by atoms with Crippen LogP contribution in [0.3, 0.4) is 0 Å². The third kappa shape index (κ3) is 2.19. The summed E-state index contributed by atoms with van der Waals surface area (Å²) in [6, 6.07) is 3.36. The van der Waals surface area contributed by atoms with Crippen molar-refractivity contribution in [2.75, 3.05) is 11.5 Å². The molecule has 0 radical (unpaired) electrons. The molecule has 7 heteroatoms. The predicted octanol–water partition coefficient (Wildman–Crippen LogP) is 3.58. The van der Waals surface area contributed by atoms with Gasteiger partial charge in [0.15, 0.2) is 0 Å². The molecule has 4 nitrogen and oxygen atoms in total. The summed E-state index contributed by atoms with van der Waals surface area (Å²) < 4.78 is 0. The lowest BCUT2D eigenvalue weighted by Gasteiger charge is -2.12. The lowest BCUT2D eigenvalue weighted by atomic mass is 10.0. The van der Waals surface area contributed by atoms with Gasteiger partial charge in [-0.05, 0) is 13.0 Å². The molecule has 0 aliphatic carbocycles. The number of halogens is 3. The maximum absolute atomic E-state index is 6.16. The van der Waals surface area contributed by atoms with Gasteiger partial charge in [0.2, 0.25) is 5.95 Å². The second kappa shape index (κ2) is 4.80. The van der Waals surface area contributed by atoms with E-state index in [1.165, 1.54) is 0 Å². The Morgan fingerprint density at radius 3 is 2.28 bits per heavy atom. The number of hydrogen-bond acceptors (Lipinski definition) is 4. The molecular weight excluding hydrogens is 295 g/mol. The first-order chi connectivity index (χ1) is 8.41. The second-order valence-corrected chi connectivity index (χ2v) is 4.81. The van der Waals surface area contributed by atoms with E-state index in [1.807, 2.05) is 0 Å². The molecule has 1 aromatic carbocycles. The van der Waals surface area contributed by atoms with Gasteiger partial charge in [0.05, 0.1) is 20.8 Å². The Morgan fingerprint density at radius 1 is 1.00 bits per heavy atom. The molecule has 94 valence electrons. The molecule has 2 aromatic rings. The minimum absolute atomic E-state index is 0.116. The first kappa shape index (κ1) is 13.2. The van der Waals surface area contributed by atoms with Gasteiger partial charge < -0.3 is 11.5 Å².